The van der Waals surface area contributed by atoms with Gasteiger partial charge in [-0.3, -0.25) is 4.79 Å². The number of amides is 1. The molecule has 0 unspecified atom stereocenters. The Morgan fingerprint density at radius 3 is 2.35 bits per heavy atom. The summed E-state index contributed by atoms with van der Waals surface area (Å²) >= 11 is 0. The van der Waals surface area contributed by atoms with Gasteiger partial charge in [0.15, 0.2) is 0 Å². The minimum atomic E-state index is -2.39. The Kier molecular flexibility index (Phi) is 6.64. The average Bonchev–Trinajstić information content (AvgIpc) is 2.48. The first-order chi connectivity index (χ1) is 9.55. The van der Waals surface area contributed by atoms with E-state index in [0.29, 0.717) is 12.1 Å². The Morgan fingerprint density at radius 2 is 1.85 bits per heavy atom. The molecule has 20 heavy (non-hydrogen) atoms. The normalized spacial score (nSPS) is 11.2. The van der Waals surface area contributed by atoms with Crippen LogP contribution in [0.1, 0.15) is 13.3 Å². The van der Waals surface area contributed by atoms with Gasteiger partial charge in [0.25, 0.3) is 0 Å². The fourth-order valence-electron chi connectivity index (χ4n) is 2.03. The maximum atomic E-state index is 11.4. The molecule has 110 valence electrons. The zero-order chi connectivity index (χ0) is 15.0. The van der Waals surface area contributed by atoms with Crippen molar-refractivity contribution in [3.63, 3.8) is 0 Å². The molecule has 0 aliphatic heterocycles. The summed E-state index contributed by atoms with van der Waals surface area (Å²) in [6, 6.07) is 10.8. The van der Waals surface area contributed by atoms with Crippen LogP contribution >= 0.6 is 0 Å². The molecule has 1 N–H and O–H groups in total. The second kappa shape index (κ2) is 7.99. The molecule has 0 aliphatic rings. The summed E-state index contributed by atoms with van der Waals surface area (Å²) in [6.45, 7) is 5.90. The second-order valence-electron chi connectivity index (χ2n) is 4.67. The Bertz CT molecular complexity index is 444. The van der Waals surface area contributed by atoms with Crippen molar-refractivity contribution in [1.82, 2.24) is 5.32 Å². The van der Waals surface area contributed by atoms with Crippen molar-refractivity contribution in [3.8, 4) is 0 Å². The van der Waals surface area contributed by atoms with Gasteiger partial charge in [-0.1, -0.05) is 36.9 Å². The van der Waals surface area contributed by atoms with Crippen molar-refractivity contribution in [2.75, 3.05) is 20.8 Å². The molecule has 0 spiro atoms. The minimum Gasteiger partial charge on any atom is -0.394 e. The van der Waals surface area contributed by atoms with Gasteiger partial charge in [-0.2, -0.15) is 0 Å². The molecule has 1 amide bonds. The topological polar surface area (TPSA) is 47.6 Å². The summed E-state index contributed by atoms with van der Waals surface area (Å²) in [5.41, 5.74) is 0.523. The maximum absolute atomic E-state index is 11.4. The monoisotopic (exact) mass is 293 g/mol. The molecular formula is C15H23NO3Si. The molecule has 1 rings (SSSR count). The quantitative estimate of drug-likeness (QED) is 0.451. The largest absolute Gasteiger partial charge is 0.394 e. The van der Waals surface area contributed by atoms with Crippen LogP contribution < -0.4 is 10.5 Å². The first kappa shape index (κ1) is 16.6. The van der Waals surface area contributed by atoms with Crippen molar-refractivity contribution >= 4 is 19.7 Å². The van der Waals surface area contributed by atoms with E-state index in [-0.39, 0.29) is 5.91 Å². The predicted octanol–water partition coefficient (Wildman–Crippen LogP) is 1.71. The van der Waals surface area contributed by atoms with E-state index in [4.69, 9.17) is 8.85 Å². The molecule has 0 heterocycles. The van der Waals surface area contributed by atoms with Crippen LogP contribution in [-0.4, -0.2) is 35.2 Å². The van der Waals surface area contributed by atoms with Crippen LogP contribution in [0, 0.1) is 0 Å². The predicted molar refractivity (Wildman–Crippen MR) is 83.1 cm³/mol. The highest BCUT2D eigenvalue weighted by molar-refractivity contribution is 6.81. The molecule has 0 aliphatic carbocycles. The maximum Gasteiger partial charge on any atom is 0.372 e. The highest BCUT2D eigenvalue weighted by atomic mass is 28.4. The van der Waals surface area contributed by atoms with Gasteiger partial charge in [-0.25, -0.2) is 0 Å². The Balaban J connectivity index is 2.60. The van der Waals surface area contributed by atoms with E-state index in [1.165, 1.54) is 0 Å². The van der Waals surface area contributed by atoms with E-state index in [0.717, 1.165) is 17.7 Å². The Labute approximate surface area is 122 Å². The van der Waals surface area contributed by atoms with Crippen LogP contribution in [0.15, 0.2) is 42.5 Å². The second-order valence-corrected chi connectivity index (χ2v) is 8.07. The lowest BCUT2D eigenvalue weighted by Gasteiger charge is -2.27. The van der Waals surface area contributed by atoms with Crippen LogP contribution in [0.5, 0.6) is 0 Å². The van der Waals surface area contributed by atoms with E-state index in [2.05, 4.69) is 11.9 Å². The molecule has 0 atom stereocenters. The SMILES string of the molecule is C=C(C)C(=O)NCCC[Si](OC)(OC)c1ccccc1. The van der Waals surface area contributed by atoms with Gasteiger partial charge in [0.2, 0.25) is 5.91 Å². The third-order valence-electron chi connectivity index (χ3n) is 3.23. The molecule has 0 fully saturated rings. The molecule has 5 heteroatoms. The van der Waals surface area contributed by atoms with E-state index < -0.39 is 8.56 Å². The number of nitrogens with one attached hydrogen (secondary N) is 1. The highest BCUT2D eigenvalue weighted by Gasteiger charge is 2.37. The van der Waals surface area contributed by atoms with Crippen molar-refractivity contribution < 1.29 is 13.6 Å². The lowest BCUT2D eigenvalue weighted by Crippen LogP contribution is -2.52. The van der Waals surface area contributed by atoms with Gasteiger partial charge < -0.3 is 14.2 Å². The van der Waals surface area contributed by atoms with Gasteiger partial charge in [-0.15, -0.1) is 0 Å². The number of hydrogen-bond donors (Lipinski definition) is 1. The smallest absolute Gasteiger partial charge is 0.372 e. The highest BCUT2D eigenvalue weighted by Crippen LogP contribution is 2.14. The van der Waals surface area contributed by atoms with E-state index in [9.17, 15) is 4.79 Å². The summed E-state index contributed by atoms with van der Waals surface area (Å²) < 4.78 is 11.4. The third-order valence-corrected chi connectivity index (χ3v) is 6.77. The molecule has 1 aromatic carbocycles. The Morgan fingerprint density at radius 1 is 1.25 bits per heavy atom. The minimum absolute atomic E-state index is 0.105. The molecule has 0 bridgehead atoms. The third kappa shape index (κ3) is 4.30. The summed E-state index contributed by atoms with van der Waals surface area (Å²) in [6.07, 6.45) is 0.807. The lowest BCUT2D eigenvalue weighted by atomic mass is 10.3. The zero-order valence-electron chi connectivity index (χ0n) is 12.4. The van der Waals surface area contributed by atoms with Crippen LogP contribution in [0.25, 0.3) is 0 Å². The number of benzene rings is 1. The summed E-state index contributed by atoms with van der Waals surface area (Å²) in [7, 11) is 0.987. The van der Waals surface area contributed by atoms with Crippen LogP contribution in [0.2, 0.25) is 6.04 Å². The van der Waals surface area contributed by atoms with Crippen LogP contribution in [-0.2, 0) is 13.6 Å². The van der Waals surface area contributed by atoms with E-state index in [1.54, 1.807) is 21.1 Å². The van der Waals surface area contributed by atoms with Crippen molar-refractivity contribution in [2.24, 2.45) is 0 Å². The summed E-state index contributed by atoms with van der Waals surface area (Å²) in [4.78, 5) is 11.4. The van der Waals surface area contributed by atoms with Gasteiger partial charge in [0.05, 0.1) is 0 Å². The molecular weight excluding hydrogens is 270 g/mol. The number of rotatable bonds is 8. The van der Waals surface area contributed by atoms with E-state index in [1.807, 2.05) is 30.3 Å². The number of carbonyl (C=O) groups excluding carboxylic acids is 1. The van der Waals surface area contributed by atoms with Crippen LogP contribution in [0.4, 0.5) is 0 Å². The van der Waals surface area contributed by atoms with Crippen LogP contribution in [0.3, 0.4) is 0 Å². The first-order valence-corrected chi connectivity index (χ1v) is 8.67. The molecule has 1 aromatic rings. The summed E-state index contributed by atoms with van der Waals surface area (Å²) in [5, 5.41) is 3.93. The van der Waals surface area contributed by atoms with Crippen molar-refractivity contribution in [3.05, 3.63) is 42.5 Å². The van der Waals surface area contributed by atoms with Gasteiger partial charge >= 0.3 is 8.56 Å². The molecule has 0 aromatic heterocycles. The lowest BCUT2D eigenvalue weighted by molar-refractivity contribution is -0.117. The fourth-order valence-corrected chi connectivity index (χ4v) is 4.71. The molecule has 4 nitrogen and oxygen atoms in total. The molecule has 0 saturated carbocycles. The average molecular weight is 293 g/mol. The molecule has 0 radical (unpaired) electrons. The molecule has 0 saturated heterocycles. The number of hydrogen-bond acceptors (Lipinski definition) is 3. The van der Waals surface area contributed by atoms with Crippen molar-refractivity contribution in [2.45, 2.75) is 19.4 Å². The van der Waals surface area contributed by atoms with E-state index >= 15 is 0 Å². The standard InChI is InChI=1S/C15H23NO3Si/c1-13(2)15(17)16-11-8-12-20(18-3,19-4)14-9-6-5-7-10-14/h5-7,9-10H,1,8,11-12H2,2-4H3,(H,16,17). The number of carbonyl (C=O) groups is 1. The fraction of sp³-hybridized carbons (Fsp3) is 0.400. The van der Waals surface area contributed by atoms with Gasteiger partial charge in [0.1, 0.15) is 0 Å². The first-order valence-electron chi connectivity index (χ1n) is 6.65. The zero-order valence-corrected chi connectivity index (χ0v) is 13.4. The Hall–Kier alpha value is -1.43. The van der Waals surface area contributed by atoms with Gasteiger partial charge in [-0.05, 0) is 24.6 Å². The summed E-state index contributed by atoms with van der Waals surface area (Å²) in [5.74, 6) is -0.105. The van der Waals surface area contributed by atoms with Crippen molar-refractivity contribution in [1.29, 1.82) is 0 Å². The van der Waals surface area contributed by atoms with Gasteiger partial charge in [0, 0.05) is 26.3 Å².